The van der Waals surface area contributed by atoms with Gasteiger partial charge in [0.05, 0.1) is 19.1 Å². The predicted octanol–water partition coefficient (Wildman–Crippen LogP) is 1.69. The number of benzene rings is 1. The van der Waals surface area contributed by atoms with Gasteiger partial charge in [-0.15, -0.1) is 0 Å². The summed E-state index contributed by atoms with van der Waals surface area (Å²) in [4.78, 5) is 13.6. The van der Waals surface area contributed by atoms with Crippen LogP contribution in [0, 0.1) is 0 Å². The average molecular weight is 250 g/mol. The fourth-order valence-electron chi connectivity index (χ4n) is 1.56. The zero-order valence-corrected chi connectivity index (χ0v) is 11.3. The van der Waals surface area contributed by atoms with Gasteiger partial charge in [0.2, 0.25) is 5.91 Å². The monoisotopic (exact) mass is 250 g/mol. The summed E-state index contributed by atoms with van der Waals surface area (Å²) in [5.41, 5.74) is 7.31. The number of hydrogen-bond acceptors (Lipinski definition) is 3. The number of rotatable bonds is 6. The second-order valence-corrected chi connectivity index (χ2v) is 4.66. The second kappa shape index (κ2) is 7.01. The SMILES string of the molecule is CC(C)OCCN(C)C(=O)Cc1cccc(N)c1. The van der Waals surface area contributed by atoms with E-state index in [1.807, 2.05) is 38.1 Å². The van der Waals surface area contributed by atoms with Crippen LogP contribution >= 0.6 is 0 Å². The molecule has 0 saturated heterocycles. The lowest BCUT2D eigenvalue weighted by molar-refractivity contribution is -0.130. The van der Waals surface area contributed by atoms with Crippen LogP contribution in [0.4, 0.5) is 5.69 Å². The van der Waals surface area contributed by atoms with Crippen LogP contribution in [-0.2, 0) is 16.0 Å². The van der Waals surface area contributed by atoms with Crippen molar-refractivity contribution in [3.63, 3.8) is 0 Å². The van der Waals surface area contributed by atoms with Crippen molar-refractivity contribution in [3.8, 4) is 0 Å². The molecule has 0 bridgehead atoms. The lowest BCUT2D eigenvalue weighted by Gasteiger charge is -2.18. The summed E-state index contributed by atoms with van der Waals surface area (Å²) in [6, 6.07) is 7.41. The highest BCUT2D eigenvalue weighted by atomic mass is 16.5. The van der Waals surface area contributed by atoms with E-state index in [2.05, 4.69) is 0 Å². The predicted molar refractivity (Wildman–Crippen MR) is 73.3 cm³/mol. The van der Waals surface area contributed by atoms with Gasteiger partial charge in [0.1, 0.15) is 0 Å². The van der Waals surface area contributed by atoms with E-state index in [-0.39, 0.29) is 12.0 Å². The van der Waals surface area contributed by atoms with Crippen LogP contribution in [-0.4, -0.2) is 37.1 Å². The highest BCUT2D eigenvalue weighted by molar-refractivity contribution is 5.78. The van der Waals surface area contributed by atoms with Gasteiger partial charge in [-0.3, -0.25) is 4.79 Å². The minimum Gasteiger partial charge on any atom is -0.399 e. The first-order valence-corrected chi connectivity index (χ1v) is 6.19. The lowest BCUT2D eigenvalue weighted by Crippen LogP contribution is -2.31. The summed E-state index contributed by atoms with van der Waals surface area (Å²) in [5.74, 6) is 0.0768. The number of anilines is 1. The fraction of sp³-hybridized carbons (Fsp3) is 0.500. The molecule has 1 rings (SSSR count). The normalized spacial score (nSPS) is 10.7. The van der Waals surface area contributed by atoms with Gasteiger partial charge in [-0.2, -0.15) is 0 Å². The van der Waals surface area contributed by atoms with Gasteiger partial charge >= 0.3 is 0 Å². The highest BCUT2D eigenvalue weighted by Crippen LogP contribution is 2.08. The number of carbonyl (C=O) groups is 1. The van der Waals surface area contributed by atoms with Gasteiger partial charge in [0.25, 0.3) is 0 Å². The molecule has 0 atom stereocenters. The minimum atomic E-state index is 0.0768. The molecule has 1 aromatic carbocycles. The molecule has 0 unspecified atom stereocenters. The molecule has 4 heteroatoms. The van der Waals surface area contributed by atoms with Gasteiger partial charge in [-0.25, -0.2) is 0 Å². The molecule has 18 heavy (non-hydrogen) atoms. The number of amides is 1. The van der Waals surface area contributed by atoms with Crippen molar-refractivity contribution >= 4 is 11.6 Å². The van der Waals surface area contributed by atoms with E-state index < -0.39 is 0 Å². The Bertz CT molecular complexity index is 391. The third-order valence-electron chi connectivity index (χ3n) is 2.61. The van der Waals surface area contributed by atoms with Gasteiger partial charge < -0.3 is 15.4 Å². The summed E-state index contributed by atoms with van der Waals surface area (Å²) in [7, 11) is 1.79. The second-order valence-electron chi connectivity index (χ2n) is 4.66. The number of carbonyl (C=O) groups excluding carboxylic acids is 1. The van der Waals surface area contributed by atoms with Crippen LogP contribution in [0.25, 0.3) is 0 Å². The van der Waals surface area contributed by atoms with Crippen LogP contribution in [0.15, 0.2) is 24.3 Å². The zero-order chi connectivity index (χ0) is 13.5. The van der Waals surface area contributed by atoms with E-state index >= 15 is 0 Å². The van der Waals surface area contributed by atoms with Crippen LogP contribution in [0.5, 0.6) is 0 Å². The summed E-state index contributed by atoms with van der Waals surface area (Å²) in [5, 5.41) is 0. The summed E-state index contributed by atoms with van der Waals surface area (Å²) in [6.07, 6.45) is 0.575. The molecule has 0 spiro atoms. The standard InChI is InChI=1S/C14H22N2O2/c1-11(2)18-8-7-16(3)14(17)10-12-5-4-6-13(15)9-12/h4-6,9,11H,7-8,10,15H2,1-3H3. The topological polar surface area (TPSA) is 55.6 Å². The Balaban J connectivity index is 2.40. The van der Waals surface area contributed by atoms with E-state index in [1.165, 1.54) is 0 Å². The Morgan fingerprint density at radius 2 is 2.17 bits per heavy atom. The van der Waals surface area contributed by atoms with Crippen molar-refractivity contribution in [1.29, 1.82) is 0 Å². The molecule has 0 aliphatic carbocycles. The minimum absolute atomic E-state index is 0.0768. The molecule has 0 heterocycles. The first-order valence-electron chi connectivity index (χ1n) is 6.19. The third-order valence-corrected chi connectivity index (χ3v) is 2.61. The van der Waals surface area contributed by atoms with Crippen LogP contribution in [0.2, 0.25) is 0 Å². The highest BCUT2D eigenvalue weighted by Gasteiger charge is 2.09. The molecule has 1 amide bonds. The maximum Gasteiger partial charge on any atom is 0.226 e. The summed E-state index contributed by atoms with van der Waals surface area (Å²) < 4.78 is 5.42. The number of nitrogens with zero attached hydrogens (tertiary/aromatic N) is 1. The molecule has 0 aromatic heterocycles. The molecule has 1 aromatic rings. The Labute approximate surface area is 109 Å². The Kier molecular flexibility index (Phi) is 5.65. The number of nitrogen functional groups attached to an aromatic ring is 1. The molecule has 0 fully saturated rings. The number of nitrogens with two attached hydrogens (primary N) is 1. The van der Waals surface area contributed by atoms with Crippen molar-refractivity contribution in [2.24, 2.45) is 0 Å². The third kappa shape index (κ3) is 5.19. The van der Waals surface area contributed by atoms with E-state index in [4.69, 9.17) is 10.5 Å². The van der Waals surface area contributed by atoms with Crippen molar-refractivity contribution in [3.05, 3.63) is 29.8 Å². The fourth-order valence-corrected chi connectivity index (χ4v) is 1.56. The first kappa shape index (κ1) is 14.5. The number of hydrogen-bond donors (Lipinski definition) is 1. The summed E-state index contributed by atoms with van der Waals surface area (Å²) in [6.45, 7) is 5.14. The van der Waals surface area contributed by atoms with E-state index in [9.17, 15) is 4.79 Å². The van der Waals surface area contributed by atoms with E-state index in [1.54, 1.807) is 11.9 Å². The summed E-state index contributed by atoms with van der Waals surface area (Å²) >= 11 is 0. The van der Waals surface area contributed by atoms with Gasteiger partial charge in [0, 0.05) is 19.3 Å². The van der Waals surface area contributed by atoms with Crippen LogP contribution < -0.4 is 5.73 Å². The van der Waals surface area contributed by atoms with Crippen LogP contribution in [0.3, 0.4) is 0 Å². The first-order chi connectivity index (χ1) is 8.49. The average Bonchev–Trinajstić information content (AvgIpc) is 2.28. The van der Waals surface area contributed by atoms with E-state index in [0.29, 0.717) is 25.3 Å². The molecule has 0 saturated carbocycles. The van der Waals surface area contributed by atoms with Crippen molar-refractivity contribution in [2.45, 2.75) is 26.4 Å². The Hall–Kier alpha value is -1.55. The van der Waals surface area contributed by atoms with Crippen molar-refractivity contribution < 1.29 is 9.53 Å². The molecule has 0 radical (unpaired) electrons. The molecule has 2 N–H and O–H groups in total. The largest absolute Gasteiger partial charge is 0.399 e. The Morgan fingerprint density at radius 3 is 2.78 bits per heavy atom. The van der Waals surface area contributed by atoms with Crippen LogP contribution in [0.1, 0.15) is 19.4 Å². The van der Waals surface area contributed by atoms with Gasteiger partial charge in [0.15, 0.2) is 0 Å². The van der Waals surface area contributed by atoms with Crippen molar-refractivity contribution in [2.75, 3.05) is 25.9 Å². The Morgan fingerprint density at radius 1 is 1.44 bits per heavy atom. The smallest absolute Gasteiger partial charge is 0.226 e. The van der Waals surface area contributed by atoms with Gasteiger partial charge in [-0.1, -0.05) is 12.1 Å². The number of ether oxygens (including phenoxy) is 1. The molecule has 0 aliphatic rings. The van der Waals surface area contributed by atoms with Crippen molar-refractivity contribution in [1.82, 2.24) is 4.90 Å². The molecule has 0 aliphatic heterocycles. The maximum absolute atomic E-state index is 11.9. The maximum atomic E-state index is 11.9. The molecular formula is C14H22N2O2. The number of likely N-dealkylation sites (N-methyl/N-ethyl adjacent to an activating group) is 1. The molecule has 100 valence electrons. The molecular weight excluding hydrogens is 228 g/mol. The zero-order valence-electron chi connectivity index (χ0n) is 11.3. The lowest BCUT2D eigenvalue weighted by atomic mass is 10.1. The quantitative estimate of drug-likeness (QED) is 0.782. The van der Waals surface area contributed by atoms with E-state index in [0.717, 1.165) is 5.56 Å². The molecule has 4 nitrogen and oxygen atoms in total. The van der Waals surface area contributed by atoms with Gasteiger partial charge in [-0.05, 0) is 31.5 Å².